The Morgan fingerprint density at radius 2 is 2.29 bits per heavy atom. The second-order valence-electron chi connectivity index (χ2n) is 5.08. The number of rotatable bonds is 6. The number of carboxylic acids is 1. The van der Waals surface area contributed by atoms with Crippen molar-refractivity contribution in [3.05, 3.63) is 28.8 Å². The minimum absolute atomic E-state index is 0.103. The largest absolute Gasteiger partial charge is 0.495 e. The van der Waals surface area contributed by atoms with E-state index in [1.807, 2.05) is 25.1 Å². The average Bonchev–Trinajstić information content (AvgIpc) is 2.94. The summed E-state index contributed by atoms with van der Waals surface area (Å²) in [5, 5.41) is 9.82. The lowest BCUT2D eigenvalue weighted by molar-refractivity contribution is -0.143. The molecule has 1 N–H and O–H groups in total. The zero-order chi connectivity index (χ0) is 15.4. The molecule has 2 rings (SSSR count). The number of halogens is 1. The fourth-order valence-corrected chi connectivity index (χ4v) is 2.93. The Balaban J connectivity index is 2.12. The highest BCUT2D eigenvalue weighted by Crippen LogP contribution is 2.27. The molecule has 0 aliphatic carbocycles. The Hall–Kier alpha value is -1.30. The predicted octanol–water partition coefficient (Wildman–Crippen LogP) is 2.27. The Morgan fingerprint density at radius 1 is 1.52 bits per heavy atom. The van der Waals surface area contributed by atoms with E-state index in [-0.39, 0.29) is 12.6 Å². The first-order chi connectivity index (χ1) is 10.1. The molecule has 21 heavy (non-hydrogen) atoms. The van der Waals surface area contributed by atoms with Crippen LogP contribution in [-0.4, -0.2) is 48.9 Å². The van der Waals surface area contributed by atoms with Crippen LogP contribution in [0, 0.1) is 5.92 Å². The number of hydrogen-bond acceptors (Lipinski definition) is 4. The number of ether oxygens (including phenoxy) is 2. The lowest BCUT2D eigenvalue weighted by Gasteiger charge is -2.29. The molecule has 1 aliphatic heterocycles. The maximum absolute atomic E-state index is 11.3. The van der Waals surface area contributed by atoms with Crippen molar-refractivity contribution in [1.29, 1.82) is 0 Å². The average molecular weight is 314 g/mol. The molecule has 1 saturated heterocycles. The molecule has 0 aromatic heterocycles. The van der Waals surface area contributed by atoms with Crippen molar-refractivity contribution >= 4 is 17.6 Å². The van der Waals surface area contributed by atoms with Gasteiger partial charge in [-0.1, -0.05) is 24.6 Å². The van der Waals surface area contributed by atoms with Crippen molar-refractivity contribution in [1.82, 2.24) is 4.90 Å². The predicted molar refractivity (Wildman–Crippen MR) is 79.8 cm³/mol. The smallest absolute Gasteiger partial charge is 0.310 e. The lowest BCUT2D eigenvalue weighted by atomic mass is 10.0. The number of methoxy groups -OCH3 is 1. The van der Waals surface area contributed by atoms with E-state index in [4.69, 9.17) is 21.1 Å². The Labute approximate surface area is 129 Å². The molecule has 1 aromatic rings. The molecule has 0 saturated carbocycles. The second-order valence-corrected chi connectivity index (χ2v) is 5.49. The Morgan fingerprint density at radius 3 is 2.86 bits per heavy atom. The van der Waals surface area contributed by atoms with E-state index in [1.54, 1.807) is 7.11 Å². The van der Waals surface area contributed by atoms with E-state index in [1.165, 1.54) is 0 Å². The van der Waals surface area contributed by atoms with Crippen molar-refractivity contribution in [3.8, 4) is 5.75 Å². The number of benzene rings is 1. The first-order valence-electron chi connectivity index (χ1n) is 6.93. The molecule has 1 aliphatic rings. The molecule has 5 nitrogen and oxygen atoms in total. The van der Waals surface area contributed by atoms with E-state index in [0.29, 0.717) is 23.9 Å². The van der Waals surface area contributed by atoms with Gasteiger partial charge in [-0.25, -0.2) is 0 Å². The highest BCUT2D eigenvalue weighted by Gasteiger charge is 2.37. The molecule has 116 valence electrons. The molecule has 0 spiro atoms. The van der Waals surface area contributed by atoms with Crippen molar-refractivity contribution < 1.29 is 19.4 Å². The van der Waals surface area contributed by atoms with Gasteiger partial charge in [0.05, 0.1) is 31.3 Å². The normalized spacial score (nSPS) is 21.7. The van der Waals surface area contributed by atoms with Gasteiger partial charge in [0, 0.05) is 12.6 Å². The lowest BCUT2D eigenvalue weighted by Crippen LogP contribution is -2.42. The fourth-order valence-electron chi connectivity index (χ4n) is 2.65. The van der Waals surface area contributed by atoms with Crippen LogP contribution in [0.3, 0.4) is 0 Å². The Kier molecular flexibility index (Phi) is 5.45. The van der Waals surface area contributed by atoms with E-state index in [9.17, 15) is 9.90 Å². The zero-order valence-corrected chi connectivity index (χ0v) is 13.0. The third-order valence-electron chi connectivity index (χ3n) is 3.84. The van der Waals surface area contributed by atoms with Crippen LogP contribution in [0.25, 0.3) is 0 Å². The summed E-state index contributed by atoms with van der Waals surface area (Å²) in [5.41, 5.74) is 1.03. The van der Waals surface area contributed by atoms with Crippen LogP contribution in [0.2, 0.25) is 5.02 Å². The molecule has 0 amide bonds. The summed E-state index contributed by atoms with van der Waals surface area (Å²) in [6.07, 6.45) is 0. The molecular weight excluding hydrogens is 294 g/mol. The van der Waals surface area contributed by atoms with Crippen LogP contribution < -0.4 is 4.74 Å². The number of aliphatic carboxylic acids is 1. The number of likely N-dealkylation sites (N-methyl/N-ethyl adjacent to an activating group) is 1. The van der Waals surface area contributed by atoms with Crippen LogP contribution in [0.1, 0.15) is 12.5 Å². The first kappa shape index (κ1) is 16.1. The van der Waals surface area contributed by atoms with Gasteiger partial charge in [-0.05, 0) is 24.2 Å². The van der Waals surface area contributed by atoms with Crippen molar-refractivity contribution in [2.75, 3.05) is 26.9 Å². The molecule has 0 radical (unpaired) electrons. The Bertz CT molecular complexity index is 508. The zero-order valence-electron chi connectivity index (χ0n) is 12.2. The molecule has 2 atom stereocenters. The van der Waals surface area contributed by atoms with E-state index < -0.39 is 11.9 Å². The quantitative estimate of drug-likeness (QED) is 0.873. The van der Waals surface area contributed by atoms with Crippen molar-refractivity contribution in [2.24, 2.45) is 5.92 Å². The highest BCUT2D eigenvalue weighted by atomic mass is 35.5. The summed E-state index contributed by atoms with van der Waals surface area (Å²) < 4.78 is 10.5. The van der Waals surface area contributed by atoms with Crippen molar-refractivity contribution in [3.63, 3.8) is 0 Å². The fraction of sp³-hybridized carbons (Fsp3) is 0.533. The van der Waals surface area contributed by atoms with Gasteiger partial charge in [0.25, 0.3) is 0 Å². The van der Waals surface area contributed by atoms with Gasteiger partial charge in [0.1, 0.15) is 5.75 Å². The molecule has 0 bridgehead atoms. The molecule has 1 heterocycles. The molecule has 1 fully saturated rings. The van der Waals surface area contributed by atoms with Crippen LogP contribution in [0.4, 0.5) is 0 Å². The molecular formula is C15H20ClNO4. The molecule has 1 aromatic carbocycles. The van der Waals surface area contributed by atoms with E-state index >= 15 is 0 Å². The summed E-state index contributed by atoms with van der Waals surface area (Å²) in [7, 11) is 1.58. The first-order valence-corrected chi connectivity index (χ1v) is 7.31. The van der Waals surface area contributed by atoms with E-state index in [2.05, 4.69) is 4.90 Å². The van der Waals surface area contributed by atoms with E-state index in [0.717, 1.165) is 12.1 Å². The van der Waals surface area contributed by atoms with Crippen LogP contribution >= 0.6 is 11.6 Å². The van der Waals surface area contributed by atoms with Gasteiger partial charge < -0.3 is 14.6 Å². The molecule has 6 heteroatoms. The van der Waals surface area contributed by atoms with Gasteiger partial charge in [-0.3, -0.25) is 9.69 Å². The number of carboxylic acid groups (broad SMARTS) is 1. The van der Waals surface area contributed by atoms with Crippen LogP contribution in [-0.2, 0) is 16.1 Å². The van der Waals surface area contributed by atoms with Gasteiger partial charge in [-0.15, -0.1) is 0 Å². The van der Waals surface area contributed by atoms with Gasteiger partial charge in [0.15, 0.2) is 0 Å². The topological polar surface area (TPSA) is 59.0 Å². The SMILES string of the molecule is CCN(Cc1ccc(OC)c(Cl)c1)C1COCC1C(=O)O. The number of carbonyl (C=O) groups is 1. The maximum Gasteiger partial charge on any atom is 0.310 e. The number of nitrogens with zero attached hydrogens (tertiary/aromatic N) is 1. The van der Waals surface area contributed by atoms with Crippen LogP contribution in [0.5, 0.6) is 5.75 Å². The highest BCUT2D eigenvalue weighted by molar-refractivity contribution is 6.32. The third-order valence-corrected chi connectivity index (χ3v) is 4.14. The monoisotopic (exact) mass is 313 g/mol. The van der Waals surface area contributed by atoms with Gasteiger partial charge in [0.2, 0.25) is 0 Å². The summed E-state index contributed by atoms with van der Waals surface area (Å²) in [6.45, 7) is 4.14. The number of hydrogen-bond donors (Lipinski definition) is 1. The van der Waals surface area contributed by atoms with Gasteiger partial charge >= 0.3 is 5.97 Å². The van der Waals surface area contributed by atoms with Crippen molar-refractivity contribution in [2.45, 2.75) is 19.5 Å². The molecule has 2 unspecified atom stereocenters. The summed E-state index contributed by atoms with van der Waals surface area (Å²) in [5.74, 6) is -0.640. The minimum Gasteiger partial charge on any atom is -0.495 e. The summed E-state index contributed by atoms with van der Waals surface area (Å²) in [6, 6.07) is 5.52. The summed E-state index contributed by atoms with van der Waals surface area (Å²) in [4.78, 5) is 13.4. The third kappa shape index (κ3) is 3.67. The summed E-state index contributed by atoms with van der Waals surface area (Å²) >= 11 is 6.13. The van der Waals surface area contributed by atoms with Crippen LogP contribution in [0.15, 0.2) is 18.2 Å². The van der Waals surface area contributed by atoms with Gasteiger partial charge in [-0.2, -0.15) is 0 Å². The standard InChI is InChI=1S/C15H20ClNO4/c1-3-17(13-9-21-8-11(13)15(18)19)7-10-4-5-14(20-2)12(16)6-10/h4-6,11,13H,3,7-9H2,1-2H3,(H,18,19). The second kappa shape index (κ2) is 7.11. The minimum atomic E-state index is -0.802. The maximum atomic E-state index is 11.3.